The van der Waals surface area contributed by atoms with Crippen LogP contribution in [0.4, 0.5) is 5.13 Å². The summed E-state index contributed by atoms with van der Waals surface area (Å²) in [5, 5.41) is 13.7. The first-order valence-corrected chi connectivity index (χ1v) is 9.53. The van der Waals surface area contributed by atoms with Gasteiger partial charge in [0.15, 0.2) is 5.13 Å². The minimum Gasteiger partial charge on any atom is -0.497 e. The van der Waals surface area contributed by atoms with Crippen molar-refractivity contribution in [1.29, 1.82) is 0 Å². The van der Waals surface area contributed by atoms with E-state index in [4.69, 9.17) is 9.84 Å². The molecule has 0 aliphatic carbocycles. The Kier molecular flexibility index (Phi) is 7.94. The predicted molar refractivity (Wildman–Crippen MR) is 103 cm³/mol. The molecule has 8 heteroatoms. The van der Waals surface area contributed by atoms with E-state index < -0.39 is 11.8 Å². The Morgan fingerprint density at radius 3 is 2.37 bits per heavy atom. The summed E-state index contributed by atoms with van der Waals surface area (Å²) < 4.78 is 5.13. The lowest BCUT2D eigenvalue weighted by Crippen LogP contribution is -2.12. The number of rotatable bonds is 11. The number of Topliss-reactive ketones (excluding diaryl/α,β-unsaturated/α-hetero) is 1. The quantitative estimate of drug-likeness (QED) is 0.447. The van der Waals surface area contributed by atoms with Gasteiger partial charge in [-0.2, -0.15) is 0 Å². The van der Waals surface area contributed by atoms with Crippen LogP contribution in [0.3, 0.4) is 0 Å². The third-order valence-corrected chi connectivity index (χ3v) is 4.69. The van der Waals surface area contributed by atoms with Crippen LogP contribution in [0.2, 0.25) is 0 Å². The third kappa shape index (κ3) is 6.82. The molecular weight excluding hydrogens is 368 g/mol. The van der Waals surface area contributed by atoms with Crippen molar-refractivity contribution in [3.63, 3.8) is 0 Å². The van der Waals surface area contributed by atoms with Gasteiger partial charge in [-0.1, -0.05) is 12.8 Å². The molecule has 0 unspecified atom stereocenters. The van der Waals surface area contributed by atoms with Crippen molar-refractivity contribution in [2.75, 3.05) is 12.4 Å². The molecule has 1 amide bonds. The highest BCUT2D eigenvalue weighted by Gasteiger charge is 2.11. The number of carboxylic acids is 1. The van der Waals surface area contributed by atoms with Crippen molar-refractivity contribution in [2.24, 2.45) is 0 Å². The molecule has 0 atom stereocenters. The molecule has 0 radical (unpaired) electrons. The van der Waals surface area contributed by atoms with Gasteiger partial charge in [0, 0.05) is 23.8 Å². The fraction of sp³-hybridized carbons (Fsp3) is 0.368. The van der Waals surface area contributed by atoms with Gasteiger partial charge in [-0.05, 0) is 37.1 Å². The number of carbonyl (C=O) groups is 3. The van der Waals surface area contributed by atoms with Crippen LogP contribution in [0.25, 0.3) is 11.3 Å². The number of hydrogen-bond acceptors (Lipinski definition) is 6. The fourth-order valence-electron chi connectivity index (χ4n) is 2.44. The monoisotopic (exact) mass is 390 g/mol. The van der Waals surface area contributed by atoms with Gasteiger partial charge in [0.1, 0.15) is 5.75 Å². The number of benzene rings is 1. The molecule has 144 valence electrons. The fourth-order valence-corrected chi connectivity index (χ4v) is 3.17. The molecule has 2 rings (SSSR count). The van der Waals surface area contributed by atoms with Gasteiger partial charge in [0.25, 0.3) is 0 Å². The van der Waals surface area contributed by atoms with Crippen molar-refractivity contribution in [3.8, 4) is 17.0 Å². The maximum atomic E-state index is 12.0. The molecule has 0 fully saturated rings. The van der Waals surface area contributed by atoms with E-state index in [9.17, 15) is 14.4 Å². The van der Waals surface area contributed by atoms with Crippen LogP contribution in [0.15, 0.2) is 29.6 Å². The summed E-state index contributed by atoms with van der Waals surface area (Å²) in [6.45, 7) is 0. The van der Waals surface area contributed by atoms with E-state index in [0.29, 0.717) is 24.4 Å². The number of ether oxygens (including phenoxy) is 1. The first-order valence-electron chi connectivity index (χ1n) is 8.65. The molecule has 0 aliphatic rings. The predicted octanol–water partition coefficient (Wildman–Crippen LogP) is 3.75. The lowest BCUT2D eigenvalue weighted by molar-refractivity contribution is -0.149. The number of aliphatic carboxylic acids is 1. The summed E-state index contributed by atoms with van der Waals surface area (Å²) in [5.74, 6) is -1.47. The molecule has 0 spiro atoms. The van der Waals surface area contributed by atoms with E-state index in [0.717, 1.165) is 29.8 Å². The van der Waals surface area contributed by atoms with Gasteiger partial charge >= 0.3 is 5.97 Å². The number of hydrogen-bond donors (Lipinski definition) is 2. The third-order valence-electron chi connectivity index (χ3n) is 3.93. The molecule has 7 nitrogen and oxygen atoms in total. The Bertz CT molecular complexity index is 786. The number of anilines is 1. The average molecular weight is 390 g/mol. The van der Waals surface area contributed by atoms with Crippen molar-refractivity contribution in [1.82, 2.24) is 4.98 Å². The van der Waals surface area contributed by atoms with Crippen molar-refractivity contribution in [2.45, 2.75) is 38.5 Å². The summed E-state index contributed by atoms with van der Waals surface area (Å²) in [7, 11) is 1.61. The van der Waals surface area contributed by atoms with Crippen molar-refractivity contribution in [3.05, 3.63) is 29.6 Å². The molecule has 0 saturated heterocycles. The second-order valence-electron chi connectivity index (χ2n) is 5.96. The molecule has 2 N–H and O–H groups in total. The highest BCUT2D eigenvalue weighted by molar-refractivity contribution is 7.14. The molecule has 1 aromatic carbocycles. The Morgan fingerprint density at radius 1 is 1.07 bits per heavy atom. The summed E-state index contributed by atoms with van der Waals surface area (Å²) in [6, 6.07) is 7.54. The number of methoxy groups -OCH3 is 1. The minimum atomic E-state index is -1.38. The normalized spacial score (nSPS) is 10.4. The second-order valence-corrected chi connectivity index (χ2v) is 6.82. The zero-order valence-corrected chi connectivity index (χ0v) is 15.9. The van der Waals surface area contributed by atoms with Crippen LogP contribution in [0.5, 0.6) is 5.75 Å². The molecule has 1 aromatic heterocycles. The number of aromatic nitrogens is 1. The number of thiazole rings is 1. The zero-order valence-electron chi connectivity index (χ0n) is 15.1. The minimum absolute atomic E-state index is 0.0504. The first kappa shape index (κ1) is 20.6. The van der Waals surface area contributed by atoms with Crippen molar-refractivity contribution < 1.29 is 24.2 Å². The second kappa shape index (κ2) is 10.4. The topological polar surface area (TPSA) is 106 Å². The molecule has 0 saturated carbocycles. The van der Waals surface area contributed by atoms with Gasteiger partial charge in [-0.15, -0.1) is 11.3 Å². The van der Waals surface area contributed by atoms with Crippen LogP contribution >= 0.6 is 11.3 Å². The van der Waals surface area contributed by atoms with E-state index in [2.05, 4.69) is 10.3 Å². The number of nitrogens with zero attached hydrogens (tertiary/aromatic N) is 1. The number of nitrogens with one attached hydrogen (secondary N) is 1. The molecule has 0 bridgehead atoms. The summed E-state index contributed by atoms with van der Waals surface area (Å²) in [6.07, 6.45) is 3.13. The van der Waals surface area contributed by atoms with E-state index >= 15 is 0 Å². The molecule has 27 heavy (non-hydrogen) atoms. The number of amides is 1. The van der Waals surface area contributed by atoms with Crippen molar-refractivity contribution >= 4 is 34.1 Å². The number of carboxylic acid groups (broad SMARTS) is 1. The summed E-state index contributed by atoms with van der Waals surface area (Å²) >= 11 is 1.37. The van der Waals surface area contributed by atoms with E-state index in [1.54, 1.807) is 7.11 Å². The first-order chi connectivity index (χ1) is 13.0. The maximum Gasteiger partial charge on any atom is 0.372 e. The number of ketones is 1. The van der Waals surface area contributed by atoms with Crippen LogP contribution < -0.4 is 10.1 Å². The summed E-state index contributed by atoms with van der Waals surface area (Å²) in [4.78, 5) is 37.7. The highest BCUT2D eigenvalue weighted by atomic mass is 32.1. The van der Waals surface area contributed by atoms with Crippen LogP contribution in [0, 0.1) is 0 Å². The smallest absolute Gasteiger partial charge is 0.372 e. The molecule has 2 aromatic rings. The van der Waals surface area contributed by atoms with Gasteiger partial charge in [-0.3, -0.25) is 9.59 Å². The average Bonchev–Trinajstić information content (AvgIpc) is 3.12. The highest BCUT2D eigenvalue weighted by Crippen LogP contribution is 2.26. The molecule has 1 heterocycles. The Hall–Kier alpha value is -2.74. The van der Waals surface area contributed by atoms with Gasteiger partial charge in [0.05, 0.1) is 12.8 Å². The van der Waals surface area contributed by atoms with Gasteiger partial charge in [0.2, 0.25) is 11.7 Å². The SMILES string of the molecule is COc1ccc(-c2csc(NC(=O)CCCCCCC(=O)C(=O)O)n2)cc1. The molecular formula is C19H22N2O5S. The Balaban J connectivity index is 1.69. The Morgan fingerprint density at radius 2 is 1.74 bits per heavy atom. The van der Waals surface area contributed by atoms with E-state index in [-0.39, 0.29) is 12.3 Å². The maximum absolute atomic E-state index is 12.0. The van der Waals surface area contributed by atoms with Crippen LogP contribution in [-0.2, 0) is 14.4 Å². The van der Waals surface area contributed by atoms with E-state index in [1.807, 2.05) is 29.6 Å². The van der Waals surface area contributed by atoms with Gasteiger partial charge in [-0.25, -0.2) is 9.78 Å². The summed E-state index contributed by atoms with van der Waals surface area (Å²) in [5.41, 5.74) is 1.74. The van der Waals surface area contributed by atoms with Crippen LogP contribution in [-0.4, -0.2) is 34.9 Å². The number of unbranched alkanes of at least 4 members (excludes halogenated alkanes) is 3. The number of carbonyl (C=O) groups excluding carboxylic acids is 2. The van der Waals surface area contributed by atoms with Crippen LogP contribution in [0.1, 0.15) is 38.5 Å². The zero-order chi connectivity index (χ0) is 19.6. The standard InChI is InChI=1S/C19H22N2O5S/c1-26-14-10-8-13(9-11-14)15-12-27-19(20-15)21-17(23)7-5-3-2-4-6-16(22)18(24)25/h8-12H,2-7H2,1H3,(H,24,25)(H,20,21,23). The lowest BCUT2D eigenvalue weighted by Gasteiger charge is -2.02. The Labute approximate surface area is 161 Å². The lowest BCUT2D eigenvalue weighted by atomic mass is 10.1. The molecule has 0 aliphatic heterocycles. The van der Waals surface area contributed by atoms with Gasteiger partial charge < -0.3 is 15.2 Å². The largest absolute Gasteiger partial charge is 0.497 e. The van der Waals surface area contributed by atoms with E-state index in [1.165, 1.54) is 11.3 Å².